The van der Waals surface area contributed by atoms with Crippen LogP contribution in [0.3, 0.4) is 0 Å². The molecule has 0 saturated heterocycles. The zero-order valence-electron chi connectivity index (χ0n) is 7.57. The third kappa shape index (κ3) is 3.85. The van der Waals surface area contributed by atoms with Gasteiger partial charge in [-0.15, -0.1) is 0 Å². The molecule has 0 unspecified atom stereocenters. The molecule has 2 nitrogen and oxygen atoms in total. The maximum Gasteiger partial charge on any atom is 0.00878 e. The van der Waals surface area contributed by atoms with Gasteiger partial charge in [0.25, 0.3) is 0 Å². The fraction of sp³-hybridized carbons (Fsp3) is 1.00. The van der Waals surface area contributed by atoms with Gasteiger partial charge in [-0.25, -0.2) is 0 Å². The second kappa shape index (κ2) is 3.94. The number of hydrogen-bond donors (Lipinski definition) is 2. The lowest BCUT2D eigenvalue weighted by molar-refractivity contribution is 0.289. The molecule has 0 rings (SSSR count). The van der Waals surface area contributed by atoms with E-state index in [0.717, 1.165) is 13.1 Å². The van der Waals surface area contributed by atoms with E-state index in [9.17, 15) is 0 Å². The fourth-order valence-electron chi connectivity index (χ4n) is 0.606. The lowest BCUT2D eigenvalue weighted by Gasteiger charge is -2.27. The summed E-state index contributed by atoms with van der Waals surface area (Å²) in [4.78, 5) is 0. The van der Waals surface area contributed by atoms with Crippen molar-refractivity contribution in [3.63, 3.8) is 0 Å². The van der Waals surface area contributed by atoms with E-state index in [-0.39, 0.29) is 0 Å². The summed E-state index contributed by atoms with van der Waals surface area (Å²) >= 11 is 0. The van der Waals surface area contributed by atoms with E-state index in [1.807, 2.05) is 0 Å². The molecule has 3 N–H and O–H groups in total. The molecule has 0 aliphatic heterocycles. The van der Waals surface area contributed by atoms with Crippen LogP contribution in [0.2, 0.25) is 0 Å². The average molecular weight is 144 g/mol. The highest BCUT2D eigenvalue weighted by Crippen LogP contribution is 2.17. The number of nitrogens with one attached hydrogen (secondary N) is 1. The van der Waals surface area contributed by atoms with Crippen LogP contribution in [0.5, 0.6) is 0 Å². The highest BCUT2D eigenvalue weighted by Gasteiger charge is 2.18. The summed E-state index contributed by atoms with van der Waals surface area (Å²) in [5, 5.41) is 3.35. The summed E-state index contributed by atoms with van der Waals surface area (Å²) in [7, 11) is 0. The van der Waals surface area contributed by atoms with Gasteiger partial charge >= 0.3 is 0 Å². The van der Waals surface area contributed by atoms with Gasteiger partial charge in [0.05, 0.1) is 0 Å². The minimum Gasteiger partial charge on any atom is -0.329 e. The average Bonchev–Trinajstić information content (AvgIpc) is 1.80. The Balaban J connectivity index is 3.52. The van der Waals surface area contributed by atoms with Crippen molar-refractivity contribution in [2.24, 2.45) is 11.1 Å². The number of rotatable bonds is 3. The molecule has 10 heavy (non-hydrogen) atoms. The van der Waals surface area contributed by atoms with E-state index in [1.165, 1.54) is 0 Å². The Labute approximate surface area is 64.2 Å². The SMILES string of the molecule is C[C@@H](NCCN)C(C)(C)C. The topological polar surface area (TPSA) is 38.0 Å². The van der Waals surface area contributed by atoms with Crippen molar-refractivity contribution in [3.05, 3.63) is 0 Å². The summed E-state index contributed by atoms with van der Waals surface area (Å²) in [5.41, 5.74) is 5.70. The lowest BCUT2D eigenvalue weighted by Crippen LogP contribution is -2.40. The van der Waals surface area contributed by atoms with Gasteiger partial charge in [-0.1, -0.05) is 20.8 Å². The highest BCUT2D eigenvalue weighted by atomic mass is 14.9. The van der Waals surface area contributed by atoms with Gasteiger partial charge in [-0.2, -0.15) is 0 Å². The predicted molar refractivity (Wildman–Crippen MR) is 46.0 cm³/mol. The maximum atomic E-state index is 5.36. The van der Waals surface area contributed by atoms with E-state index < -0.39 is 0 Å². The molecule has 2 heteroatoms. The third-order valence-corrected chi connectivity index (χ3v) is 1.89. The van der Waals surface area contributed by atoms with Crippen molar-refractivity contribution in [3.8, 4) is 0 Å². The molecular weight excluding hydrogens is 124 g/mol. The van der Waals surface area contributed by atoms with Crippen LogP contribution in [0.25, 0.3) is 0 Å². The second-order valence-electron chi connectivity index (χ2n) is 3.83. The summed E-state index contributed by atoms with van der Waals surface area (Å²) in [6.45, 7) is 10.5. The standard InChI is InChI=1S/C8H20N2/c1-7(8(2,3)4)10-6-5-9/h7,10H,5-6,9H2,1-4H3/t7-/m1/s1. The quantitative estimate of drug-likeness (QED) is 0.619. The molecular formula is C8H20N2. The van der Waals surface area contributed by atoms with Crippen LogP contribution >= 0.6 is 0 Å². The van der Waals surface area contributed by atoms with Crippen LogP contribution in [-0.4, -0.2) is 19.1 Å². The van der Waals surface area contributed by atoms with Gasteiger partial charge in [0.2, 0.25) is 0 Å². The molecule has 0 aliphatic rings. The molecule has 0 bridgehead atoms. The Bertz CT molecular complexity index is 83.7. The normalized spacial score (nSPS) is 15.3. The first kappa shape index (κ1) is 9.92. The maximum absolute atomic E-state index is 5.36. The molecule has 0 saturated carbocycles. The van der Waals surface area contributed by atoms with Crippen LogP contribution < -0.4 is 11.1 Å². The first-order chi connectivity index (χ1) is 4.48. The number of hydrogen-bond acceptors (Lipinski definition) is 2. The van der Waals surface area contributed by atoms with Crippen LogP contribution in [0.4, 0.5) is 0 Å². The van der Waals surface area contributed by atoms with Gasteiger partial charge in [-0.05, 0) is 12.3 Å². The lowest BCUT2D eigenvalue weighted by atomic mass is 9.88. The molecule has 1 atom stereocenters. The second-order valence-corrected chi connectivity index (χ2v) is 3.83. The van der Waals surface area contributed by atoms with E-state index in [2.05, 4.69) is 33.0 Å². The minimum atomic E-state index is 0.342. The van der Waals surface area contributed by atoms with Crippen LogP contribution in [-0.2, 0) is 0 Å². The van der Waals surface area contributed by atoms with E-state index in [0.29, 0.717) is 11.5 Å². The zero-order valence-corrected chi connectivity index (χ0v) is 7.57. The van der Waals surface area contributed by atoms with Crippen molar-refractivity contribution in [2.45, 2.75) is 33.7 Å². The molecule has 0 spiro atoms. The molecule has 0 aromatic heterocycles. The van der Waals surface area contributed by atoms with Crippen molar-refractivity contribution in [2.75, 3.05) is 13.1 Å². The fourth-order valence-corrected chi connectivity index (χ4v) is 0.606. The minimum absolute atomic E-state index is 0.342. The largest absolute Gasteiger partial charge is 0.329 e. The Morgan fingerprint density at radius 3 is 2.20 bits per heavy atom. The van der Waals surface area contributed by atoms with E-state index in [4.69, 9.17) is 5.73 Å². The molecule has 0 aromatic rings. The molecule has 0 amide bonds. The predicted octanol–water partition coefficient (Wildman–Crippen LogP) is 0.969. The van der Waals surface area contributed by atoms with Gasteiger partial charge in [-0.3, -0.25) is 0 Å². The highest BCUT2D eigenvalue weighted by molar-refractivity contribution is 4.75. The van der Waals surface area contributed by atoms with Gasteiger partial charge in [0, 0.05) is 19.1 Å². The zero-order chi connectivity index (χ0) is 8.20. The molecule has 0 aromatic carbocycles. The van der Waals surface area contributed by atoms with E-state index in [1.54, 1.807) is 0 Å². The Hall–Kier alpha value is -0.0800. The molecule has 62 valence electrons. The van der Waals surface area contributed by atoms with Gasteiger partial charge in [0.15, 0.2) is 0 Å². The molecule has 0 aliphatic carbocycles. The molecule has 0 radical (unpaired) electrons. The van der Waals surface area contributed by atoms with Crippen LogP contribution in [0.15, 0.2) is 0 Å². The summed E-state index contributed by atoms with van der Waals surface area (Å²) in [6.07, 6.45) is 0. The van der Waals surface area contributed by atoms with Crippen molar-refractivity contribution in [1.29, 1.82) is 0 Å². The first-order valence-electron chi connectivity index (χ1n) is 3.92. The van der Waals surface area contributed by atoms with Crippen molar-refractivity contribution < 1.29 is 0 Å². The first-order valence-corrected chi connectivity index (χ1v) is 3.92. The van der Waals surface area contributed by atoms with Gasteiger partial charge < -0.3 is 11.1 Å². The Morgan fingerprint density at radius 1 is 1.40 bits per heavy atom. The smallest absolute Gasteiger partial charge is 0.00878 e. The summed E-state index contributed by atoms with van der Waals surface area (Å²) in [5.74, 6) is 0. The van der Waals surface area contributed by atoms with Crippen LogP contribution in [0.1, 0.15) is 27.7 Å². The summed E-state index contributed by atoms with van der Waals surface area (Å²) in [6, 6.07) is 0.538. The molecule has 0 heterocycles. The van der Waals surface area contributed by atoms with Gasteiger partial charge in [0.1, 0.15) is 0 Å². The van der Waals surface area contributed by atoms with Crippen molar-refractivity contribution in [1.82, 2.24) is 5.32 Å². The number of nitrogens with two attached hydrogens (primary N) is 1. The Morgan fingerprint density at radius 2 is 1.90 bits per heavy atom. The van der Waals surface area contributed by atoms with Crippen LogP contribution in [0, 0.1) is 5.41 Å². The Kier molecular flexibility index (Phi) is 3.91. The molecule has 0 fully saturated rings. The summed E-state index contributed by atoms with van der Waals surface area (Å²) < 4.78 is 0. The van der Waals surface area contributed by atoms with E-state index >= 15 is 0 Å². The third-order valence-electron chi connectivity index (χ3n) is 1.89. The van der Waals surface area contributed by atoms with Crippen molar-refractivity contribution >= 4 is 0 Å². The monoisotopic (exact) mass is 144 g/mol.